The molecule has 6 nitrogen and oxygen atoms in total. The second kappa shape index (κ2) is 11.7. The summed E-state index contributed by atoms with van der Waals surface area (Å²) in [5, 5.41) is 2.90. The number of nitrogens with zero attached hydrogens (tertiary/aromatic N) is 1. The van der Waals surface area contributed by atoms with Crippen molar-refractivity contribution in [1.82, 2.24) is 9.62 Å². The first-order valence-corrected chi connectivity index (χ1v) is 11.8. The average Bonchev–Trinajstić information content (AvgIpc) is 2.72. The third kappa shape index (κ3) is 7.80. The van der Waals surface area contributed by atoms with E-state index in [1.54, 1.807) is 30.3 Å². The molecule has 2 aromatic carbocycles. The summed E-state index contributed by atoms with van der Waals surface area (Å²) in [4.78, 5) is 12.3. The van der Waals surface area contributed by atoms with Crippen molar-refractivity contribution in [2.45, 2.75) is 50.5 Å². The number of hydrogen-bond donors (Lipinski definition) is 1. The molecule has 2 aromatic rings. The Morgan fingerprint density at radius 2 is 1.70 bits per heavy atom. The predicted molar refractivity (Wildman–Crippen MR) is 119 cm³/mol. The number of sulfonamides is 1. The van der Waals surface area contributed by atoms with E-state index in [4.69, 9.17) is 4.74 Å². The van der Waals surface area contributed by atoms with Crippen LogP contribution in [0.4, 0.5) is 0 Å². The van der Waals surface area contributed by atoms with E-state index in [2.05, 4.69) is 5.32 Å². The van der Waals surface area contributed by atoms with Crippen molar-refractivity contribution < 1.29 is 17.9 Å². The molecule has 0 spiro atoms. The second-order valence-electron chi connectivity index (χ2n) is 7.51. The lowest BCUT2D eigenvalue weighted by Crippen LogP contribution is -2.30. The van der Waals surface area contributed by atoms with Crippen LogP contribution in [0.1, 0.15) is 38.7 Å². The highest BCUT2D eigenvalue weighted by Gasteiger charge is 2.19. The molecule has 0 unspecified atom stereocenters. The SMILES string of the molecule is CC(C)Oc1ccc(CCCNC(=O)CCCN(C)S(=O)(=O)c2ccccc2)cc1. The first-order valence-electron chi connectivity index (χ1n) is 10.3. The highest BCUT2D eigenvalue weighted by molar-refractivity contribution is 7.89. The Morgan fingerprint density at radius 3 is 2.33 bits per heavy atom. The molecule has 30 heavy (non-hydrogen) atoms. The van der Waals surface area contributed by atoms with Crippen molar-refractivity contribution in [2.75, 3.05) is 20.1 Å². The van der Waals surface area contributed by atoms with Gasteiger partial charge in [0.15, 0.2) is 0 Å². The molecule has 0 bridgehead atoms. The van der Waals surface area contributed by atoms with Crippen molar-refractivity contribution in [1.29, 1.82) is 0 Å². The van der Waals surface area contributed by atoms with Gasteiger partial charge in [-0.25, -0.2) is 12.7 Å². The lowest BCUT2D eigenvalue weighted by Gasteiger charge is -2.17. The lowest BCUT2D eigenvalue weighted by atomic mass is 10.1. The highest BCUT2D eigenvalue weighted by Crippen LogP contribution is 2.15. The zero-order valence-electron chi connectivity index (χ0n) is 18.0. The zero-order valence-corrected chi connectivity index (χ0v) is 18.8. The Kier molecular flexibility index (Phi) is 9.33. The molecule has 0 aromatic heterocycles. The molecule has 0 aliphatic rings. The Bertz CT molecular complexity index is 881. The molecule has 0 heterocycles. The molecule has 0 atom stereocenters. The van der Waals surface area contributed by atoms with Crippen molar-refractivity contribution in [3.8, 4) is 5.75 Å². The number of ether oxygens (including phenoxy) is 1. The van der Waals surface area contributed by atoms with Crippen molar-refractivity contribution in [3.63, 3.8) is 0 Å². The minimum Gasteiger partial charge on any atom is -0.491 e. The van der Waals surface area contributed by atoms with E-state index in [9.17, 15) is 13.2 Å². The van der Waals surface area contributed by atoms with Crippen LogP contribution in [0.2, 0.25) is 0 Å². The Labute approximate surface area is 180 Å². The first kappa shape index (κ1) is 23.9. The number of aryl methyl sites for hydroxylation is 1. The van der Waals surface area contributed by atoms with Crippen LogP contribution in [0.15, 0.2) is 59.5 Å². The monoisotopic (exact) mass is 432 g/mol. The third-order valence-corrected chi connectivity index (χ3v) is 6.46. The fraction of sp³-hybridized carbons (Fsp3) is 0.435. The van der Waals surface area contributed by atoms with Crippen LogP contribution in [0.5, 0.6) is 5.75 Å². The van der Waals surface area contributed by atoms with E-state index in [0.29, 0.717) is 25.9 Å². The summed E-state index contributed by atoms with van der Waals surface area (Å²) >= 11 is 0. The lowest BCUT2D eigenvalue weighted by molar-refractivity contribution is -0.121. The van der Waals surface area contributed by atoms with Crippen LogP contribution in [-0.2, 0) is 21.2 Å². The molecule has 0 fully saturated rings. The third-order valence-electron chi connectivity index (χ3n) is 4.59. The van der Waals surface area contributed by atoms with Gasteiger partial charge in [0.25, 0.3) is 0 Å². The Morgan fingerprint density at radius 1 is 1.03 bits per heavy atom. The van der Waals surface area contributed by atoms with E-state index in [0.717, 1.165) is 18.6 Å². The summed E-state index contributed by atoms with van der Waals surface area (Å²) in [5.74, 6) is 0.808. The number of hydrogen-bond acceptors (Lipinski definition) is 4. The van der Waals surface area contributed by atoms with Crippen LogP contribution < -0.4 is 10.1 Å². The molecule has 1 N–H and O–H groups in total. The molecule has 7 heteroatoms. The number of benzene rings is 2. The minimum atomic E-state index is -3.51. The normalized spacial score (nSPS) is 11.6. The first-order chi connectivity index (χ1) is 14.3. The molecule has 164 valence electrons. The van der Waals surface area contributed by atoms with Gasteiger partial charge in [-0.2, -0.15) is 0 Å². The molecule has 0 saturated carbocycles. The molecular weight excluding hydrogens is 400 g/mol. The largest absolute Gasteiger partial charge is 0.491 e. The molecule has 0 radical (unpaired) electrons. The molecular formula is C23H32N2O4S. The zero-order chi connectivity index (χ0) is 22.0. The van der Waals surface area contributed by atoms with Crippen molar-refractivity contribution in [2.24, 2.45) is 0 Å². The molecule has 0 aliphatic carbocycles. The van der Waals surface area contributed by atoms with Gasteiger partial charge in [0, 0.05) is 26.6 Å². The van der Waals surface area contributed by atoms with Crippen LogP contribution >= 0.6 is 0 Å². The topological polar surface area (TPSA) is 75.7 Å². The second-order valence-corrected chi connectivity index (χ2v) is 9.55. The highest BCUT2D eigenvalue weighted by atomic mass is 32.2. The summed E-state index contributed by atoms with van der Waals surface area (Å²) in [7, 11) is -1.97. The molecule has 0 saturated heterocycles. The number of carbonyl (C=O) groups excluding carboxylic acids is 1. The predicted octanol–water partition coefficient (Wildman–Crippen LogP) is 3.62. The fourth-order valence-corrected chi connectivity index (χ4v) is 4.20. The average molecular weight is 433 g/mol. The van der Waals surface area contributed by atoms with Crippen molar-refractivity contribution in [3.05, 3.63) is 60.2 Å². The number of nitrogens with one attached hydrogen (secondary N) is 1. The van der Waals surface area contributed by atoms with Gasteiger partial charge in [0.05, 0.1) is 11.0 Å². The Hall–Kier alpha value is -2.38. The van der Waals surface area contributed by atoms with Gasteiger partial charge in [-0.15, -0.1) is 0 Å². The van der Waals surface area contributed by atoms with Crippen molar-refractivity contribution >= 4 is 15.9 Å². The smallest absolute Gasteiger partial charge is 0.242 e. The van der Waals surface area contributed by atoms with Gasteiger partial charge < -0.3 is 10.1 Å². The minimum absolute atomic E-state index is 0.0545. The van der Waals surface area contributed by atoms with Gasteiger partial charge in [-0.05, 0) is 62.9 Å². The van der Waals surface area contributed by atoms with Gasteiger partial charge in [-0.3, -0.25) is 4.79 Å². The number of rotatable bonds is 12. The van der Waals surface area contributed by atoms with Crippen LogP contribution in [0.25, 0.3) is 0 Å². The van der Waals surface area contributed by atoms with Crippen LogP contribution in [0.3, 0.4) is 0 Å². The van der Waals surface area contributed by atoms with Gasteiger partial charge >= 0.3 is 0 Å². The maximum atomic E-state index is 12.4. The van der Waals surface area contributed by atoms with Gasteiger partial charge in [-0.1, -0.05) is 30.3 Å². The summed E-state index contributed by atoms with van der Waals surface area (Å²) in [5.41, 5.74) is 1.20. The number of amides is 1. The summed E-state index contributed by atoms with van der Waals surface area (Å²) in [6.07, 6.45) is 2.66. The molecule has 2 rings (SSSR count). The molecule has 0 aliphatic heterocycles. The summed E-state index contributed by atoms with van der Waals surface area (Å²) < 4.78 is 31.8. The van der Waals surface area contributed by atoms with Gasteiger partial charge in [0.1, 0.15) is 5.75 Å². The number of carbonyl (C=O) groups is 1. The van der Waals surface area contributed by atoms with E-state index in [-0.39, 0.29) is 16.9 Å². The van der Waals surface area contributed by atoms with Crippen LogP contribution in [0, 0.1) is 0 Å². The Balaban J connectivity index is 1.63. The van der Waals surface area contributed by atoms with Crippen LogP contribution in [-0.4, -0.2) is 44.9 Å². The maximum Gasteiger partial charge on any atom is 0.242 e. The summed E-state index contributed by atoms with van der Waals surface area (Å²) in [6.45, 7) is 4.89. The fourth-order valence-electron chi connectivity index (χ4n) is 2.97. The van der Waals surface area contributed by atoms with Gasteiger partial charge in [0.2, 0.25) is 15.9 Å². The van der Waals surface area contributed by atoms with E-state index < -0.39 is 10.0 Å². The van der Waals surface area contributed by atoms with E-state index in [1.165, 1.54) is 16.9 Å². The standard InChI is InChI=1S/C23H32N2O4S/c1-19(2)29-21-15-13-20(14-16-21)9-7-17-24-23(26)12-8-18-25(3)30(27,28)22-10-5-4-6-11-22/h4-6,10-11,13-16,19H,7-9,12,17-18H2,1-3H3,(H,24,26). The van der Waals surface area contributed by atoms with E-state index in [1.807, 2.05) is 38.1 Å². The maximum absolute atomic E-state index is 12.4. The molecule has 1 amide bonds. The quantitative estimate of drug-likeness (QED) is 0.520. The summed E-state index contributed by atoms with van der Waals surface area (Å²) in [6, 6.07) is 16.3. The van der Waals surface area contributed by atoms with E-state index >= 15 is 0 Å².